The smallest absolute Gasteiger partial charge is 0.328 e. The maximum Gasteiger partial charge on any atom is 0.328 e. The molecule has 5 nitrogen and oxygen atoms in total. The van der Waals surface area contributed by atoms with Gasteiger partial charge in [0.1, 0.15) is 6.04 Å². The van der Waals surface area contributed by atoms with E-state index in [1.54, 1.807) is 37.3 Å². The Kier molecular flexibility index (Phi) is 4.01. The summed E-state index contributed by atoms with van der Waals surface area (Å²) in [5, 5.41) is 0. The molecule has 1 aliphatic rings. The summed E-state index contributed by atoms with van der Waals surface area (Å²) in [6, 6.07) is 7.19. The Balaban J connectivity index is 2.29. The first-order chi connectivity index (χ1) is 9.07. The van der Waals surface area contributed by atoms with Crippen molar-refractivity contribution in [2.45, 2.75) is 17.9 Å². The number of carbonyl (C=O) groups excluding carboxylic acids is 1. The Hall–Kier alpha value is -1.66. The molecule has 0 saturated carbocycles. The van der Waals surface area contributed by atoms with E-state index in [-0.39, 0.29) is 18.0 Å². The van der Waals surface area contributed by atoms with Gasteiger partial charge in [-0.15, -0.1) is 0 Å². The highest BCUT2D eigenvalue weighted by Crippen LogP contribution is 2.22. The molecule has 19 heavy (non-hydrogen) atoms. The Morgan fingerprint density at radius 2 is 2.05 bits per heavy atom. The van der Waals surface area contributed by atoms with E-state index in [1.165, 1.54) is 12.1 Å². The first-order valence-electron chi connectivity index (χ1n) is 5.97. The third kappa shape index (κ3) is 2.69. The monoisotopic (exact) mass is 281 g/mol. The normalized spacial score (nSPS) is 19.5. The van der Waals surface area contributed by atoms with Gasteiger partial charge in [-0.2, -0.15) is 4.31 Å². The summed E-state index contributed by atoms with van der Waals surface area (Å²) in [7, 11) is -3.68. The Morgan fingerprint density at radius 1 is 1.37 bits per heavy atom. The predicted molar refractivity (Wildman–Crippen MR) is 69.9 cm³/mol. The van der Waals surface area contributed by atoms with Crippen LogP contribution in [0.1, 0.15) is 6.92 Å². The van der Waals surface area contributed by atoms with Crippen molar-refractivity contribution < 1.29 is 17.9 Å². The third-order valence-corrected chi connectivity index (χ3v) is 4.65. The number of nitrogens with zero attached hydrogens (tertiary/aromatic N) is 1. The first-order valence-corrected chi connectivity index (χ1v) is 7.41. The summed E-state index contributed by atoms with van der Waals surface area (Å²) in [5.74, 6) is -0.546. The van der Waals surface area contributed by atoms with Crippen molar-refractivity contribution in [2.24, 2.45) is 0 Å². The van der Waals surface area contributed by atoms with Crippen molar-refractivity contribution >= 4 is 16.0 Å². The van der Waals surface area contributed by atoms with Gasteiger partial charge in [0, 0.05) is 6.54 Å². The summed E-state index contributed by atoms with van der Waals surface area (Å²) in [6.07, 6.45) is 3.21. The number of hydrogen-bond acceptors (Lipinski definition) is 4. The van der Waals surface area contributed by atoms with Crippen LogP contribution in [-0.4, -0.2) is 37.9 Å². The van der Waals surface area contributed by atoms with Crippen LogP contribution in [0, 0.1) is 0 Å². The minimum absolute atomic E-state index is 0.174. The van der Waals surface area contributed by atoms with E-state index in [2.05, 4.69) is 0 Å². The van der Waals surface area contributed by atoms with E-state index in [0.717, 1.165) is 4.31 Å². The minimum Gasteiger partial charge on any atom is -0.465 e. The SMILES string of the molecule is CCOC(=O)C1C=CCN1S(=O)(=O)c1ccccc1. The molecular weight excluding hydrogens is 266 g/mol. The zero-order valence-electron chi connectivity index (χ0n) is 10.5. The summed E-state index contributed by atoms with van der Waals surface area (Å²) < 4.78 is 30.9. The van der Waals surface area contributed by atoms with Gasteiger partial charge in [0.2, 0.25) is 10.0 Å². The van der Waals surface area contributed by atoms with Gasteiger partial charge in [-0.3, -0.25) is 0 Å². The van der Waals surface area contributed by atoms with E-state index in [0.29, 0.717) is 0 Å². The molecule has 1 unspecified atom stereocenters. The molecule has 0 amide bonds. The molecule has 0 spiro atoms. The molecule has 0 bridgehead atoms. The molecule has 0 aromatic heterocycles. The zero-order chi connectivity index (χ0) is 13.9. The van der Waals surface area contributed by atoms with E-state index in [9.17, 15) is 13.2 Å². The molecular formula is C13H15NO4S. The fourth-order valence-electron chi connectivity index (χ4n) is 1.90. The molecule has 1 atom stereocenters. The van der Waals surface area contributed by atoms with Gasteiger partial charge in [0.15, 0.2) is 0 Å². The standard InChI is InChI=1S/C13H15NO4S/c1-2-18-13(15)12-9-6-10-14(12)19(16,17)11-7-4-3-5-8-11/h3-9,12H,2,10H2,1H3. The topological polar surface area (TPSA) is 63.7 Å². The quantitative estimate of drug-likeness (QED) is 0.614. The highest BCUT2D eigenvalue weighted by atomic mass is 32.2. The van der Waals surface area contributed by atoms with Gasteiger partial charge in [-0.1, -0.05) is 30.4 Å². The molecule has 1 aromatic carbocycles. The van der Waals surface area contributed by atoms with Gasteiger partial charge in [0.05, 0.1) is 11.5 Å². The summed E-state index contributed by atoms with van der Waals surface area (Å²) >= 11 is 0. The van der Waals surface area contributed by atoms with Crippen LogP contribution in [0.4, 0.5) is 0 Å². The fourth-order valence-corrected chi connectivity index (χ4v) is 3.41. The van der Waals surface area contributed by atoms with Crippen LogP contribution >= 0.6 is 0 Å². The molecule has 1 heterocycles. The van der Waals surface area contributed by atoms with Crippen LogP contribution in [0.5, 0.6) is 0 Å². The van der Waals surface area contributed by atoms with Gasteiger partial charge >= 0.3 is 5.97 Å². The van der Waals surface area contributed by atoms with E-state index in [4.69, 9.17) is 4.74 Å². The maximum absolute atomic E-state index is 12.4. The van der Waals surface area contributed by atoms with E-state index >= 15 is 0 Å². The maximum atomic E-state index is 12.4. The molecule has 0 saturated heterocycles. The van der Waals surface area contributed by atoms with Crippen LogP contribution in [-0.2, 0) is 19.6 Å². The van der Waals surface area contributed by atoms with Gasteiger partial charge in [-0.05, 0) is 19.1 Å². The predicted octanol–water partition coefficient (Wildman–Crippen LogP) is 1.18. The lowest BCUT2D eigenvalue weighted by Gasteiger charge is -2.22. The third-order valence-electron chi connectivity index (χ3n) is 2.79. The molecule has 1 aromatic rings. The van der Waals surface area contributed by atoms with E-state index in [1.807, 2.05) is 0 Å². The number of hydrogen-bond donors (Lipinski definition) is 0. The van der Waals surface area contributed by atoms with Crippen LogP contribution in [0.3, 0.4) is 0 Å². The van der Waals surface area contributed by atoms with E-state index < -0.39 is 22.0 Å². The summed E-state index contributed by atoms with van der Waals surface area (Å²) in [5.41, 5.74) is 0. The fraction of sp³-hybridized carbons (Fsp3) is 0.308. The average molecular weight is 281 g/mol. The number of esters is 1. The summed E-state index contributed by atoms with van der Waals surface area (Å²) in [4.78, 5) is 11.9. The molecule has 2 rings (SSSR count). The molecule has 1 aliphatic heterocycles. The van der Waals surface area contributed by atoms with Crippen molar-refractivity contribution in [1.82, 2.24) is 4.31 Å². The minimum atomic E-state index is -3.68. The molecule has 6 heteroatoms. The van der Waals surface area contributed by atoms with Crippen molar-refractivity contribution in [3.05, 3.63) is 42.5 Å². The summed E-state index contributed by atoms with van der Waals surface area (Å²) in [6.45, 7) is 2.09. The van der Waals surface area contributed by atoms with Gasteiger partial charge in [0.25, 0.3) is 0 Å². The van der Waals surface area contributed by atoms with Gasteiger partial charge in [-0.25, -0.2) is 13.2 Å². The molecule has 0 aliphatic carbocycles. The largest absolute Gasteiger partial charge is 0.465 e. The van der Waals surface area contributed by atoms with Crippen molar-refractivity contribution in [3.63, 3.8) is 0 Å². The van der Waals surface area contributed by atoms with Crippen LogP contribution in [0.2, 0.25) is 0 Å². The number of rotatable bonds is 4. The Labute approximate surface area is 112 Å². The number of benzene rings is 1. The second kappa shape index (κ2) is 5.54. The van der Waals surface area contributed by atoms with Crippen molar-refractivity contribution in [1.29, 1.82) is 0 Å². The zero-order valence-corrected chi connectivity index (χ0v) is 11.3. The lowest BCUT2D eigenvalue weighted by molar-refractivity contribution is -0.145. The Bertz CT molecular complexity index is 580. The van der Waals surface area contributed by atoms with Crippen molar-refractivity contribution in [2.75, 3.05) is 13.2 Å². The molecule has 0 N–H and O–H groups in total. The van der Waals surface area contributed by atoms with Crippen LogP contribution in [0.15, 0.2) is 47.4 Å². The van der Waals surface area contributed by atoms with Crippen LogP contribution < -0.4 is 0 Å². The lowest BCUT2D eigenvalue weighted by atomic mass is 10.3. The molecule has 0 radical (unpaired) electrons. The lowest BCUT2D eigenvalue weighted by Crippen LogP contribution is -2.41. The molecule has 102 valence electrons. The second-order valence-corrected chi connectivity index (χ2v) is 5.90. The highest BCUT2D eigenvalue weighted by molar-refractivity contribution is 7.89. The number of sulfonamides is 1. The number of ether oxygens (including phenoxy) is 1. The highest BCUT2D eigenvalue weighted by Gasteiger charge is 2.37. The number of carbonyl (C=O) groups is 1. The van der Waals surface area contributed by atoms with Crippen LogP contribution in [0.25, 0.3) is 0 Å². The second-order valence-electron chi connectivity index (χ2n) is 4.01. The van der Waals surface area contributed by atoms with Gasteiger partial charge < -0.3 is 4.74 Å². The molecule has 0 fully saturated rings. The Morgan fingerprint density at radius 3 is 2.68 bits per heavy atom. The first kappa shape index (κ1) is 13.8. The van der Waals surface area contributed by atoms with Crippen molar-refractivity contribution in [3.8, 4) is 0 Å². The average Bonchev–Trinajstić information content (AvgIpc) is 2.90.